The predicted octanol–water partition coefficient (Wildman–Crippen LogP) is 0.372. The van der Waals surface area contributed by atoms with Crippen molar-refractivity contribution in [3.05, 3.63) is 29.8 Å². The summed E-state index contributed by atoms with van der Waals surface area (Å²) in [6.45, 7) is 3.01. The Morgan fingerprint density at radius 1 is 1.56 bits per heavy atom. The van der Waals surface area contributed by atoms with Gasteiger partial charge in [-0.3, -0.25) is 4.79 Å². The van der Waals surface area contributed by atoms with Crippen LogP contribution in [0.25, 0.3) is 0 Å². The Hall–Kier alpha value is -1.59. The Morgan fingerprint density at radius 2 is 2.22 bits per heavy atom. The number of benzene rings is 1. The van der Waals surface area contributed by atoms with Crippen molar-refractivity contribution in [2.75, 3.05) is 13.2 Å². The Balaban J connectivity index is 1.94. The number of carbonyl (C=O) groups excluding carboxylic acids is 1. The third-order valence-electron chi connectivity index (χ3n) is 3.43. The van der Waals surface area contributed by atoms with Gasteiger partial charge in [-0.05, 0) is 24.6 Å². The zero-order chi connectivity index (χ0) is 13.2. The number of ether oxygens (including phenoxy) is 1. The van der Waals surface area contributed by atoms with E-state index in [1.165, 1.54) is 0 Å². The van der Waals surface area contributed by atoms with Crippen molar-refractivity contribution in [1.29, 1.82) is 0 Å². The zero-order valence-corrected chi connectivity index (χ0v) is 10.3. The number of hydrogen-bond acceptors (Lipinski definition) is 4. The Labute approximate surface area is 106 Å². The van der Waals surface area contributed by atoms with Crippen LogP contribution in [0.5, 0.6) is 5.75 Å². The third-order valence-corrected chi connectivity index (χ3v) is 3.43. The Kier molecular flexibility index (Phi) is 3.54. The van der Waals surface area contributed by atoms with Crippen molar-refractivity contribution in [3.8, 4) is 5.75 Å². The van der Waals surface area contributed by atoms with Crippen LogP contribution in [-0.4, -0.2) is 30.3 Å². The lowest BCUT2D eigenvalue weighted by Gasteiger charge is -2.25. The Bertz CT molecular complexity index is 432. The summed E-state index contributed by atoms with van der Waals surface area (Å²) in [7, 11) is 0. The molecular weight excluding hydrogens is 232 g/mol. The fourth-order valence-electron chi connectivity index (χ4n) is 1.92. The number of rotatable bonds is 3. The van der Waals surface area contributed by atoms with Crippen molar-refractivity contribution in [2.24, 2.45) is 11.1 Å². The van der Waals surface area contributed by atoms with Crippen molar-refractivity contribution < 1.29 is 14.6 Å². The van der Waals surface area contributed by atoms with Gasteiger partial charge in [-0.1, -0.05) is 12.1 Å². The molecule has 1 heterocycles. The van der Waals surface area contributed by atoms with E-state index in [-0.39, 0.29) is 17.7 Å². The van der Waals surface area contributed by atoms with Crippen LogP contribution in [0.1, 0.15) is 12.5 Å². The van der Waals surface area contributed by atoms with Crippen LogP contribution in [-0.2, 0) is 16.1 Å². The molecule has 1 fully saturated rings. The molecule has 0 saturated carbocycles. The van der Waals surface area contributed by atoms with E-state index in [0.717, 1.165) is 5.56 Å². The van der Waals surface area contributed by atoms with Crippen LogP contribution in [0.4, 0.5) is 0 Å². The molecule has 0 spiro atoms. The second kappa shape index (κ2) is 4.96. The molecule has 0 aromatic heterocycles. The monoisotopic (exact) mass is 250 g/mol. The molecule has 0 radical (unpaired) electrons. The average molecular weight is 250 g/mol. The largest absolute Gasteiger partial charge is 0.508 e. The third kappa shape index (κ3) is 2.47. The van der Waals surface area contributed by atoms with Gasteiger partial charge < -0.3 is 20.9 Å². The first-order chi connectivity index (χ1) is 8.52. The lowest BCUT2D eigenvalue weighted by Crippen LogP contribution is -2.49. The molecule has 1 saturated heterocycles. The number of carbonyl (C=O) groups is 1. The molecule has 5 nitrogen and oxygen atoms in total. The van der Waals surface area contributed by atoms with E-state index >= 15 is 0 Å². The standard InChI is InChI=1S/C13H18N2O3/c1-13(8-18-7-11(13)14)12(17)15-6-9-2-4-10(16)5-3-9/h2-5,11,16H,6-8,14H2,1H3,(H,15,17). The highest BCUT2D eigenvalue weighted by Crippen LogP contribution is 2.27. The topological polar surface area (TPSA) is 84.6 Å². The van der Waals surface area contributed by atoms with E-state index in [9.17, 15) is 4.79 Å². The van der Waals surface area contributed by atoms with Crippen LogP contribution >= 0.6 is 0 Å². The van der Waals surface area contributed by atoms with Gasteiger partial charge >= 0.3 is 0 Å². The van der Waals surface area contributed by atoms with Crippen molar-refractivity contribution in [2.45, 2.75) is 19.5 Å². The van der Waals surface area contributed by atoms with Gasteiger partial charge in [0.15, 0.2) is 0 Å². The number of amides is 1. The van der Waals surface area contributed by atoms with Gasteiger partial charge in [0.05, 0.1) is 18.6 Å². The Morgan fingerprint density at radius 3 is 2.78 bits per heavy atom. The average Bonchev–Trinajstić information content (AvgIpc) is 2.70. The van der Waals surface area contributed by atoms with Crippen LogP contribution in [0.15, 0.2) is 24.3 Å². The first kappa shape index (κ1) is 12.9. The molecule has 1 aromatic carbocycles. The molecular formula is C13H18N2O3. The van der Waals surface area contributed by atoms with Gasteiger partial charge in [0.2, 0.25) is 5.91 Å². The second-order valence-corrected chi connectivity index (χ2v) is 4.89. The molecule has 1 amide bonds. The molecule has 5 heteroatoms. The maximum absolute atomic E-state index is 12.1. The molecule has 0 bridgehead atoms. The van der Waals surface area contributed by atoms with Crippen molar-refractivity contribution in [3.63, 3.8) is 0 Å². The zero-order valence-electron chi connectivity index (χ0n) is 10.3. The molecule has 2 atom stereocenters. The summed E-state index contributed by atoms with van der Waals surface area (Å²) in [6, 6.07) is 6.45. The number of aromatic hydroxyl groups is 1. The molecule has 4 N–H and O–H groups in total. The molecule has 98 valence electrons. The molecule has 1 aliphatic heterocycles. The number of nitrogens with one attached hydrogen (secondary N) is 1. The minimum Gasteiger partial charge on any atom is -0.508 e. The molecule has 0 aliphatic carbocycles. The van der Waals surface area contributed by atoms with Crippen LogP contribution < -0.4 is 11.1 Å². The number of phenolic OH excluding ortho intramolecular Hbond substituents is 1. The number of nitrogens with two attached hydrogens (primary N) is 1. The fourth-order valence-corrected chi connectivity index (χ4v) is 1.92. The van der Waals surface area contributed by atoms with E-state index in [4.69, 9.17) is 15.6 Å². The summed E-state index contributed by atoms with van der Waals surface area (Å²) in [5.41, 5.74) is 6.16. The minimum absolute atomic E-state index is 0.0967. The lowest BCUT2D eigenvalue weighted by atomic mass is 9.85. The fraction of sp³-hybridized carbons (Fsp3) is 0.462. The lowest BCUT2D eigenvalue weighted by molar-refractivity contribution is -0.130. The summed E-state index contributed by atoms with van der Waals surface area (Å²) < 4.78 is 5.24. The maximum Gasteiger partial charge on any atom is 0.230 e. The SMILES string of the molecule is CC1(C(=O)NCc2ccc(O)cc2)COCC1N. The smallest absolute Gasteiger partial charge is 0.230 e. The normalized spacial score (nSPS) is 27.1. The first-order valence-electron chi connectivity index (χ1n) is 5.92. The maximum atomic E-state index is 12.1. The van der Waals surface area contributed by atoms with Crippen LogP contribution in [0.2, 0.25) is 0 Å². The van der Waals surface area contributed by atoms with Gasteiger partial charge in [0.25, 0.3) is 0 Å². The van der Waals surface area contributed by atoms with E-state index in [0.29, 0.717) is 19.8 Å². The summed E-state index contributed by atoms with van der Waals surface area (Å²) in [5.74, 6) is 0.115. The van der Waals surface area contributed by atoms with E-state index in [1.807, 2.05) is 6.92 Å². The van der Waals surface area contributed by atoms with Crippen LogP contribution in [0.3, 0.4) is 0 Å². The molecule has 18 heavy (non-hydrogen) atoms. The van der Waals surface area contributed by atoms with Crippen LogP contribution in [0, 0.1) is 5.41 Å². The summed E-state index contributed by atoms with van der Waals surface area (Å²) in [5, 5.41) is 12.0. The summed E-state index contributed by atoms with van der Waals surface area (Å²) in [4.78, 5) is 12.1. The number of hydrogen-bond donors (Lipinski definition) is 3. The first-order valence-corrected chi connectivity index (χ1v) is 5.92. The van der Waals surface area contributed by atoms with Crippen molar-refractivity contribution >= 4 is 5.91 Å². The van der Waals surface area contributed by atoms with E-state index in [1.54, 1.807) is 24.3 Å². The second-order valence-electron chi connectivity index (χ2n) is 4.89. The van der Waals surface area contributed by atoms with E-state index < -0.39 is 5.41 Å². The van der Waals surface area contributed by atoms with Gasteiger partial charge in [0.1, 0.15) is 5.75 Å². The molecule has 2 unspecified atom stereocenters. The highest BCUT2D eigenvalue weighted by atomic mass is 16.5. The molecule has 1 aliphatic rings. The summed E-state index contributed by atoms with van der Waals surface area (Å²) >= 11 is 0. The predicted molar refractivity (Wildman–Crippen MR) is 66.9 cm³/mol. The highest BCUT2D eigenvalue weighted by molar-refractivity contribution is 5.83. The van der Waals surface area contributed by atoms with Gasteiger partial charge in [0, 0.05) is 12.6 Å². The quantitative estimate of drug-likeness (QED) is 0.723. The van der Waals surface area contributed by atoms with E-state index in [2.05, 4.69) is 5.32 Å². The summed E-state index contributed by atoms with van der Waals surface area (Å²) in [6.07, 6.45) is 0. The van der Waals surface area contributed by atoms with Crippen molar-refractivity contribution in [1.82, 2.24) is 5.32 Å². The van der Waals surface area contributed by atoms with Gasteiger partial charge in [-0.25, -0.2) is 0 Å². The molecule has 2 rings (SSSR count). The number of phenols is 1. The highest BCUT2D eigenvalue weighted by Gasteiger charge is 2.44. The molecule has 1 aromatic rings. The van der Waals surface area contributed by atoms with Gasteiger partial charge in [-0.2, -0.15) is 0 Å². The van der Waals surface area contributed by atoms with Gasteiger partial charge in [-0.15, -0.1) is 0 Å². The minimum atomic E-state index is -0.656.